The van der Waals surface area contributed by atoms with Gasteiger partial charge in [0.25, 0.3) is 0 Å². The number of likely N-dealkylation sites (tertiary alicyclic amines) is 1. The van der Waals surface area contributed by atoms with E-state index in [1.54, 1.807) is 4.90 Å². The van der Waals surface area contributed by atoms with Gasteiger partial charge in [-0.25, -0.2) is 9.48 Å². The summed E-state index contributed by atoms with van der Waals surface area (Å²) in [5, 5.41) is 4.26. The van der Waals surface area contributed by atoms with Gasteiger partial charge in [-0.05, 0) is 30.9 Å². The first-order valence-electron chi connectivity index (χ1n) is 8.84. The van der Waals surface area contributed by atoms with E-state index in [4.69, 9.17) is 0 Å². The van der Waals surface area contributed by atoms with Crippen molar-refractivity contribution in [2.24, 2.45) is 0 Å². The highest BCUT2D eigenvalue weighted by Crippen LogP contribution is 2.28. The van der Waals surface area contributed by atoms with E-state index in [0.717, 1.165) is 25.1 Å². The summed E-state index contributed by atoms with van der Waals surface area (Å²) < 4.78 is 40.4. The van der Waals surface area contributed by atoms with Gasteiger partial charge < -0.3 is 4.90 Å². The first kappa shape index (κ1) is 17.7. The molecule has 1 fully saturated rings. The van der Waals surface area contributed by atoms with Crippen LogP contribution in [0.3, 0.4) is 0 Å². The van der Waals surface area contributed by atoms with Crippen molar-refractivity contribution >= 4 is 5.91 Å². The number of alkyl halides is 3. The van der Waals surface area contributed by atoms with Crippen LogP contribution in [0.15, 0.2) is 23.1 Å². The van der Waals surface area contributed by atoms with Crippen LogP contribution in [0.5, 0.6) is 0 Å². The van der Waals surface area contributed by atoms with Crippen LogP contribution in [0.25, 0.3) is 0 Å². The van der Waals surface area contributed by atoms with Gasteiger partial charge in [-0.3, -0.25) is 14.3 Å². The number of aromatic nitrogens is 4. The number of carbonyl (C=O) groups excluding carboxylic acids is 1. The lowest BCUT2D eigenvalue weighted by Crippen LogP contribution is -2.38. The summed E-state index contributed by atoms with van der Waals surface area (Å²) in [6.45, 7) is 1.43. The Morgan fingerprint density at radius 1 is 1.22 bits per heavy atom. The Labute approximate surface area is 152 Å². The predicted octanol–water partition coefficient (Wildman–Crippen LogP) is 1.62. The van der Waals surface area contributed by atoms with E-state index < -0.39 is 23.6 Å². The van der Waals surface area contributed by atoms with Gasteiger partial charge in [0.2, 0.25) is 5.91 Å². The first-order chi connectivity index (χ1) is 12.8. The zero-order valence-electron chi connectivity index (χ0n) is 14.4. The minimum Gasteiger partial charge on any atom is -0.341 e. The summed E-state index contributed by atoms with van der Waals surface area (Å²) in [7, 11) is 0. The fraction of sp³-hybridized carbons (Fsp3) is 0.529. The van der Waals surface area contributed by atoms with Gasteiger partial charge in [0.1, 0.15) is 17.6 Å². The maximum atomic E-state index is 12.7. The molecular weight excluding hydrogens is 363 g/mol. The SMILES string of the molecule is O=C(C1CCc2nn(Cc3ccc(C(F)(F)F)nc3)c(=O)n21)N1CCCC1. The number of halogens is 3. The van der Waals surface area contributed by atoms with Crippen molar-refractivity contribution in [2.45, 2.75) is 44.4 Å². The smallest absolute Gasteiger partial charge is 0.341 e. The molecule has 0 aromatic carbocycles. The van der Waals surface area contributed by atoms with Crippen molar-refractivity contribution in [1.82, 2.24) is 24.2 Å². The highest BCUT2D eigenvalue weighted by atomic mass is 19.4. The number of pyridine rings is 1. The molecule has 1 amide bonds. The first-order valence-corrected chi connectivity index (χ1v) is 8.84. The molecule has 0 saturated carbocycles. The van der Waals surface area contributed by atoms with Crippen LogP contribution in [-0.4, -0.2) is 43.2 Å². The van der Waals surface area contributed by atoms with Gasteiger partial charge in [-0.15, -0.1) is 0 Å². The summed E-state index contributed by atoms with van der Waals surface area (Å²) in [5.74, 6) is 0.488. The lowest BCUT2D eigenvalue weighted by Gasteiger charge is -2.20. The second-order valence-corrected chi connectivity index (χ2v) is 6.86. The van der Waals surface area contributed by atoms with E-state index in [-0.39, 0.29) is 12.5 Å². The Morgan fingerprint density at radius 3 is 2.59 bits per heavy atom. The molecule has 10 heteroatoms. The van der Waals surface area contributed by atoms with Crippen molar-refractivity contribution in [1.29, 1.82) is 0 Å². The largest absolute Gasteiger partial charge is 0.433 e. The van der Waals surface area contributed by atoms with Crippen LogP contribution in [0.1, 0.15) is 42.4 Å². The van der Waals surface area contributed by atoms with Gasteiger partial charge in [0, 0.05) is 25.7 Å². The maximum Gasteiger partial charge on any atom is 0.433 e. The summed E-state index contributed by atoms with van der Waals surface area (Å²) in [5.41, 5.74) is -0.966. The molecule has 7 nitrogen and oxygen atoms in total. The predicted molar refractivity (Wildman–Crippen MR) is 88.0 cm³/mol. The topological polar surface area (TPSA) is 73.0 Å². The van der Waals surface area contributed by atoms with Crippen molar-refractivity contribution in [3.63, 3.8) is 0 Å². The number of nitrogens with zero attached hydrogens (tertiary/aromatic N) is 5. The van der Waals surface area contributed by atoms with Crippen molar-refractivity contribution in [3.05, 3.63) is 45.9 Å². The monoisotopic (exact) mass is 381 g/mol. The summed E-state index contributed by atoms with van der Waals surface area (Å²) in [6, 6.07) is 1.62. The third kappa shape index (κ3) is 3.24. The Balaban J connectivity index is 1.55. The van der Waals surface area contributed by atoms with Gasteiger partial charge >= 0.3 is 11.9 Å². The summed E-state index contributed by atoms with van der Waals surface area (Å²) in [6.07, 6.45) is -0.394. The van der Waals surface area contributed by atoms with Crippen molar-refractivity contribution in [3.8, 4) is 0 Å². The highest BCUT2D eigenvalue weighted by Gasteiger charge is 2.36. The number of aryl methyl sites for hydroxylation is 1. The fourth-order valence-corrected chi connectivity index (χ4v) is 3.69. The molecule has 2 aliphatic heterocycles. The van der Waals surface area contributed by atoms with Crippen LogP contribution in [0.4, 0.5) is 13.2 Å². The lowest BCUT2D eigenvalue weighted by molar-refractivity contribution is -0.141. The van der Waals surface area contributed by atoms with E-state index in [2.05, 4.69) is 10.1 Å². The van der Waals surface area contributed by atoms with Crippen molar-refractivity contribution < 1.29 is 18.0 Å². The number of hydrogen-bond acceptors (Lipinski definition) is 4. The number of hydrogen-bond donors (Lipinski definition) is 0. The molecular formula is C17H18F3N5O2. The minimum absolute atomic E-state index is 0.00853. The Morgan fingerprint density at radius 2 is 1.96 bits per heavy atom. The third-order valence-corrected chi connectivity index (χ3v) is 5.04. The van der Waals surface area contributed by atoms with Crippen LogP contribution in [-0.2, 0) is 23.9 Å². The van der Waals surface area contributed by atoms with Crippen LogP contribution in [0.2, 0.25) is 0 Å². The highest BCUT2D eigenvalue weighted by molar-refractivity contribution is 5.81. The second-order valence-electron chi connectivity index (χ2n) is 6.86. The molecule has 0 spiro atoms. The van der Waals surface area contributed by atoms with Gasteiger partial charge in [-0.1, -0.05) is 6.07 Å². The van der Waals surface area contributed by atoms with E-state index in [0.29, 0.717) is 37.3 Å². The molecule has 1 saturated heterocycles. The molecule has 27 heavy (non-hydrogen) atoms. The summed E-state index contributed by atoms with van der Waals surface area (Å²) in [4.78, 5) is 30.6. The number of rotatable bonds is 3. The summed E-state index contributed by atoms with van der Waals surface area (Å²) >= 11 is 0. The molecule has 0 radical (unpaired) electrons. The molecule has 1 unspecified atom stereocenters. The van der Waals surface area contributed by atoms with Crippen LogP contribution < -0.4 is 5.69 Å². The van der Waals surface area contributed by atoms with Gasteiger partial charge in [-0.2, -0.15) is 18.3 Å². The second kappa shape index (κ2) is 6.50. The quantitative estimate of drug-likeness (QED) is 0.810. The van der Waals surface area contributed by atoms with Crippen LogP contribution in [0, 0.1) is 0 Å². The molecule has 2 aliphatic rings. The molecule has 4 heterocycles. The molecule has 0 bridgehead atoms. The molecule has 0 N–H and O–H groups in total. The Bertz CT molecular complexity index is 910. The molecule has 2 aromatic rings. The van der Waals surface area contributed by atoms with E-state index in [1.807, 2.05) is 0 Å². The molecule has 4 rings (SSSR count). The zero-order valence-corrected chi connectivity index (χ0v) is 14.4. The van der Waals surface area contributed by atoms with Crippen LogP contribution >= 0.6 is 0 Å². The molecule has 0 aliphatic carbocycles. The molecule has 2 aromatic heterocycles. The van der Waals surface area contributed by atoms with Gasteiger partial charge in [0.05, 0.1) is 6.54 Å². The molecule has 1 atom stereocenters. The van der Waals surface area contributed by atoms with E-state index in [9.17, 15) is 22.8 Å². The van der Waals surface area contributed by atoms with Crippen molar-refractivity contribution in [2.75, 3.05) is 13.1 Å². The molecule has 144 valence electrons. The fourth-order valence-electron chi connectivity index (χ4n) is 3.69. The van der Waals surface area contributed by atoms with E-state index in [1.165, 1.54) is 15.3 Å². The third-order valence-electron chi connectivity index (χ3n) is 5.04. The zero-order chi connectivity index (χ0) is 19.2. The number of amides is 1. The lowest BCUT2D eigenvalue weighted by atomic mass is 10.2. The van der Waals surface area contributed by atoms with Gasteiger partial charge in [0.15, 0.2) is 0 Å². The standard InChI is InChI=1S/C17H18F3N5O2/c18-17(19,20)13-5-3-11(9-21-13)10-24-16(27)25-12(4-6-14(25)22-24)15(26)23-7-1-2-8-23/h3,5,9,12H,1-2,4,6-8,10H2. The number of fused-ring (bicyclic) bond motifs is 1. The maximum absolute atomic E-state index is 12.7. The minimum atomic E-state index is -4.51. The average molecular weight is 381 g/mol. The average Bonchev–Trinajstić information content (AvgIpc) is 3.34. The number of carbonyl (C=O) groups is 1. The Kier molecular flexibility index (Phi) is 4.27. The normalized spacial score (nSPS) is 19.5. The van der Waals surface area contributed by atoms with E-state index >= 15 is 0 Å². The Hall–Kier alpha value is -2.65.